The van der Waals surface area contributed by atoms with Gasteiger partial charge in [0.2, 0.25) is 0 Å². The Morgan fingerprint density at radius 2 is 2.03 bits per heavy atom. The first kappa shape index (κ1) is 27.9. The maximum atomic E-state index is 8.96. The molecule has 0 spiro atoms. The van der Waals surface area contributed by atoms with Gasteiger partial charge in [-0.2, -0.15) is 0 Å². The summed E-state index contributed by atoms with van der Waals surface area (Å²) in [5, 5.41) is 12.4. The first-order valence-corrected chi connectivity index (χ1v) is 11.9. The molecule has 0 radical (unpaired) electrons. The lowest BCUT2D eigenvalue weighted by atomic mass is 10.1. The van der Waals surface area contributed by atoms with Crippen LogP contribution in [-0.2, 0) is 16.0 Å². The Balaban J connectivity index is 0.00000385. The molecule has 8 nitrogen and oxygen atoms in total. The van der Waals surface area contributed by atoms with E-state index in [2.05, 4.69) is 17.1 Å². The number of methoxy groups -OCH3 is 1. The van der Waals surface area contributed by atoms with E-state index in [1.807, 2.05) is 18.2 Å². The van der Waals surface area contributed by atoms with Crippen LogP contribution in [0.2, 0.25) is 0 Å². The summed E-state index contributed by atoms with van der Waals surface area (Å²) in [5.41, 5.74) is 1.04. The number of aliphatic hydroxyl groups is 1. The molecule has 1 unspecified atom stereocenters. The Bertz CT molecular complexity index is 707. The standard InChI is InChI=1S/C24H39N3O5.HI/c1-3-25-24(26-17-19-7-8-22(31-15-13-28)23(16-19)29-2)27-11-9-20(10-12-27)32-18-21-6-4-5-14-30-21;/h7-8,16,20-21,28H,3-6,9-15,17-18H2,1-2H3,(H,25,26);1H. The Labute approximate surface area is 215 Å². The average Bonchev–Trinajstić information content (AvgIpc) is 2.85. The predicted molar refractivity (Wildman–Crippen MR) is 140 cm³/mol. The fourth-order valence-corrected chi connectivity index (χ4v) is 4.09. The summed E-state index contributed by atoms with van der Waals surface area (Å²) in [6, 6.07) is 5.79. The van der Waals surface area contributed by atoms with Crippen LogP contribution in [0.1, 0.15) is 44.6 Å². The zero-order chi connectivity index (χ0) is 22.6. The van der Waals surface area contributed by atoms with Crippen LogP contribution in [0.5, 0.6) is 11.5 Å². The minimum atomic E-state index is -0.0304. The molecular formula is C24H40IN3O5. The van der Waals surface area contributed by atoms with Crippen LogP contribution in [0, 0.1) is 0 Å². The van der Waals surface area contributed by atoms with Gasteiger partial charge in [0.15, 0.2) is 17.5 Å². The number of piperidine rings is 1. The van der Waals surface area contributed by atoms with Crippen molar-refractivity contribution in [1.82, 2.24) is 10.2 Å². The maximum Gasteiger partial charge on any atom is 0.194 e. The van der Waals surface area contributed by atoms with E-state index in [1.165, 1.54) is 12.8 Å². The summed E-state index contributed by atoms with van der Waals surface area (Å²) in [6.45, 7) is 7.13. The van der Waals surface area contributed by atoms with Gasteiger partial charge in [-0.15, -0.1) is 24.0 Å². The lowest BCUT2D eigenvalue weighted by Gasteiger charge is -2.35. The van der Waals surface area contributed by atoms with Gasteiger partial charge in [0.05, 0.1) is 39.1 Å². The van der Waals surface area contributed by atoms with Gasteiger partial charge in [-0.05, 0) is 56.7 Å². The number of aliphatic imine (C=N–C) groups is 1. The van der Waals surface area contributed by atoms with Gasteiger partial charge in [0, 0.05) is 26.2 Å². The Kier molecular flexibility index (Phi) is 13.2. The van der Waals surface area contributed by atoms with Gasteiger partial charge >= 0.3 is 0 Å². The summed E-state index contributed by atoms with van der Waals surface area (Å²) >= 11 is 0. The topological polar surface area (TPSA) is 84.8 Å². The normalized spacial score (nSPS) is 19.7. The molecule has 0 amide bonds. The highest BCUT2D eigenvalue weighted by Gasteiger charge is 2.23. The van der Waals surface area contributed by atoms with E-state index in [9.17, 15) is 0 Å². The van der Waals surface area contributed by atoms with E-state index in [0.29, 0.717) is 24.1 Å². The third-order valence-corrected chi connectivity index (χ3v) is 5.86. The van der Waals surface area contributed by atoms with E-state index in [0.717, 1.165) is 63.6 Å². The molecule has 0 bridgehead atoms. The van der Waals surface area contributed by atoms with E-state index < -0.39 is 0 Å². The number of rotatable bonds is 10. The van der Waals surface area contributed by atoms with Gasteiger partial charge in [-0.25, -0.2) is 4.99 Å². The lowest BCUT2D eigenvalue weighted by molar-refractivity contribution is -0.0721. The molecule has 0 aromatic heterocycles. The number of nitrogens with zero attached hydrogens (tertiary/aromatic N) is 2. The largest absolute Gasteiger partial charge is 0.493 e. The number of guanidine groups is 1. The van der Waals surface area contributed by atoms with Crippen LogP contribution in [-0.4, -0.2) is 81.3 Å². The van der Waals surface area contributed by atoms with Crippen molar-refractivity contribution in [1.29, 1.82) is 0 Å². The van der Waals surface area contributed by atoms with Crippen LogP contribution >= 0.6 is 24.0 Å². The minimum Gasteiger partial charge on any atom is -0.493 e. The second-order valence-corrected chi connectivity index (χ2v) is 8.24. The molecule has 2 heterocycles. The Hall–Kier alpha value is -1.30. The highest BCUT2D eigenvalue weighted by Crippen LogP contribution is 2.28. The van der Waals surface area contributed by atoms with Crippen molar-refractivity contribution in [2.75, 3.05) is 53.2 Å². The van der Waals surface area contributed by atoms with Crippen molar-refractivity contribution in [3.63, 3.8) is 0 Å². The zero-order valence-corrected chi connectivity index (χ0v) is 22.3. The van der Waals surface area contributed by atoms with E-state index in [-0.39, 0.29) is 43.3 Å². The summed E-state index contributed by atoms with van der Waals surface area (Å²) in [7, 11) is 1.62. The molecule has 2 aliphatic rings. The first-order valence-electron chi connectivity index (χ1n) is 11.9. The number of likely N-dealkylation sites (tertiary alicyclic amines) is 1. The van der Waals surface area contributed by atoms with Crippen molar-refractivity contribution < 1.29 is 24.1 Å². The van der Waals surface area contributed by atoms with E-state index in [1.54, 1.807) is 7.11 Å². The van der Waals surface area contributed by atoms with Crippen molar-refractivity contribution in [3.8, 4) is 11.5 Å². The molecule has 1 aromatic rings. The molecule has 188 valence electrons. The first-order chi connectivity index (χ1) is 15.7. The molecule has 33 heavy (non-hydrogen) atoms. The molecule has 2 saturated heterocycles. The molecule has 9 heteroatoms. The highest BCUT2D eigenvalue weighted by molar-refractivity contribution is 14.0. The minimum absolute atomic E-state index is 0. The fraction of sp³-hybridized carbons (Fsp3) is 0.708. The number of benzene rings is 1. The van der Waals surface area contributed by atoms with Gasteiger partial charge in [0.1, 0.15) is 6.61 Å². The van der Waals surface area contributed by atoms with Crippen LogP contribution in [0.3, 0.4) is 0 Å². The second kappa shape index (κ2) is 15.6. The number of aliphatic hydroxyl groups excluding tert-OH is 1. The highest BCUT2D eigenvalue weighted by atomic mass is 127. The maximum absolute atomic E-state index is 8.96. The van der Waals surface area contributed by atoms with Gasteiger partial charge in [-0.3, -0.25) is 0 Å². The van der Waals surface area contributed by atoms with Crippen molar-refractivity contribution in [2.24, 2.45) is 4.99 Å². The number of hydrogen-bond donors (Lipinski definition) is 2. The number of ether oxygens (including phenoxy) is 4. The second-order valence-electron chi connectivity index (χ2n) is 8.24. The van der Waals surface area contributed by atoms with Crippen molar-refractivity contribution in [3.05, 3.63) is 23.8 Å². The summed E-state index contributed by atoms with van der Waals surface area (Å²) in [5.74, 6) is 2.21. The van der Waals surface area contributed by atoms with E-state index >= 15 is 0 Å². The molecule has 1 aromatic carbocycles. The molecule has 2 N–H and O–H groups in total. The zero-order valence-electron chi connectivity index (χ0n) is 20.0. The van der Waals surface area contributed by atoms with Crippen LogP contribution in [0.15, 0.2) is 23.2 Å². The predicted octanol–water partition coefficient (Wildman–Crippen LogP) is 3.20. The SMILES string of the molecule is CCNC(=NCc1ccc(OCCO)c(OC)c1)N1CCC(OCC2CCCCO2)CC1.I. The molecule has 2 fully saturated rings. The van der Waals surface area contributed by atoms with Gasteiger partial charge in [-0.1, -0.05) is 6.07 Å². The Morgan fingerprint density at radius 1 is 1.21 bits per heavy atom. The molecular weight excluding hydrogens is 537 g/mol. The van der Waals surface area contributed by atoms with Crippen LogP contribution < -0.4 is 14.8 Å². The van der Waals surface area contributed by atoms with Gasteiger partial charge in [0.25, 0.3) is 0 Å². The third kappa shape index (κ3) is 9.11. The molecule has 2 aliphatic heterocycles. The third-order valence-electron chi connectivity index (χ3n) is 5.86. The average molecular weight is 578 g/mol. The summed E-state index contributed by atoms with van der Waals surface area (Å²) < 4.78 is 22.9. The number of nitrogens with one attached hydrogen (secondary N) is 1. The number of halogens is 1. The lowest BCUT2D eigenvalue weighted by Crippen LogP contribution is -2.47. The monoisotopic (exact) mass is 577 g/mol. The van der Waals surface area contributed by atoms with Crippen molar-refractivity contribution in [2.45, 2.75) is 57.8 Å². The van der Waals surface area contributed by atoms with Crippen LogP contribution in [0.25, 0.3) is 0 Å². The summed E-state index contributed by atoms with van der Waals surface area (Å²) in [6.07, 6.45) is 6.13. The smallest absolute Gasteiger partial charge is 0.194 e. The van der Waals surface area contributed by atoms with Crippen molar-refractivity contribution >= 4 is 29.9 Å². The van der Waals surface area contributed by atoms with Crippen LogP contribution in [0.4, 0.5) is 0 Å². The molecule has 0 aliphatic carbocycles. The fourth-order valence-electron chi connectivity index (χ4n) is 4.09. The molecule has 0 saturated carbocycles. The summed E-state index contributed by atoms with van der Waals surface area (Å²) in [4.78, 5) is 7.17. The molecule has 1 atom stereocenters. The Morgan fingerprint density at radius 3 is 2.70 bits per heavy atom. The van der Waals surface area contributed by atoms with E-state index in [4.69, 9.17) is 29.0 Å². The van der Waals surface area contributed by atoms with Gasteiger partial charge < -0.3 is 34.3 Å². The quantitative estimate of drug-likeness (QED) is 0.251. The molecule has 3 rings (SSSR count). The number of hydrogen-bond acceptors (Lipinski definition) is 6.